The summed E-state index contributed by atoms with van der Waals surface area (Å²) in [5.74, 6) is -0.551. The minimum atomic E-state index is -4.32. The lowest BCUT2D eigenvalue weighted by atomic mass is 10.4. The summed E-state index contributed by atoms with van der Waals surface area (Å²) < 4.78 is 97.3. The summed E-state index contributed by atoms with van der Waals surface area (Å²) in [6.07, 6.45) is -7.22. The maximum absolute atomic E-state index is 13.1. The van der Waals surface area contributed by atoms with E-state index in [-0.39, 0.29) is 24.3 Å². The van der Waals surface area contributed by atoms with Crippen LogP contribution in [-0.4, -0.2) is 50.1 Å². The zero-order valence-electron chi connectivity index (χ0n) is 23.3. The van der Waals surface area contributed by atoms with Crippen molar-refractivity contribution >= 4 is 31.2 Å². The van der Waals surface area contributed by atoms with Crippen molar-refractivity contribution in [2.24, 2.45) is 0 Å². The van der Waals surface area contributed by atoms with E-state index < -0.39 is 56.4 Å². The summed E-state index contributed by atoms with van der Waals surface area (Å²) in [6, 6.07) is 1.11. The average molecular weight is 597 g/mol. The van der Waals surface area contributed by atoms with Crippen LogP contribution in [0.25, 0.3) is 0 Å². The summed E-state index contributed by atoms with van der Waals surface area (Å²) >= 11 is 0. The Balaban J connectivity index is 5.99. The number of alkyl halides is 6. The highest BCUT2D eigenvalue weighted by Crippen LogP contribution is 2.37. The van der Waals surface area contributed by atoms with Gasteiger partial charge in [0.1, 0.15) is 0 Å². The van der Waals surface area contributed by atoms with Crippen LogP contribution in [0.4, 0.5) is 26.3 Å². The molecule has 0 saturated heterocycles. The lowest BCUT2D eigenvalue weighted by Gasteiger charge is -2.43. The van der Waals surface area contributed by atoms with Gasteiger partial charge in [0.25, 0.3) is 0 Å². The molecule has 0 aromatic rings. The Hall–Kier alpha value is -0.639. The predicted molar refractivity (Wildman–Crippen MR) is 143 cm³/mol. The van der Waals surface area contributed by atoms with Crippen LogP contribution in [0.1, 0.15) is 65.7 Å². The van der Waals surface area contributed by atoms with Crippen LogP contribution in [0.2, 0.25) is 49.9 Å². The summed E-state index contributed by atoms with van der Waals surface area (Å²) in [4.78, 5) is 11.7. The molecule has 0 amide bonds. The average Bonchev–Trinajstić information content (AvgIpc) is 2.75. The van der Waals surface area contributed by atoms with Crippen LogP contribution in [-0.2, 0) is 17.8 Å². The first-order valence-corrected chi connectivity index (χ1v) is 21.3. The molecular formula is C24H46F6O4Si3. The lowest BCUT2D eigenvalue weighted by molar-refractivity contribution is -0.139. The molecular weight excluding hydrogens is 551 g/mol. The van der Waals surface area contributed by atoms with E-state index in [2.05, 4.69) is 6.58 Å². The van der Waals surface area contributed by atoms with Crippen molar-refractivity contribution < 1.29 is 44.1 Å². The van der Waals surface area contributed by atoms with Crippen molar-refractivity contribution in [3.05, 3.63) is 12.2 Å². The van der Waals surface area contributed by atoms with E-state index >= 15 is 0 Å². The van der Waals surface area contributed by atoms with Crippen LogP contribution in [0.15, 0.2) is 12.2 Å². The van der Waals surface area contributed by atoms with Crippen LogP contribution in [0.3, 0.4) is 0 Å². The number of ether oxygens (including phenoxy) is 1. The molecule has 0 aromatic heterocycles. The van der Waals surface area contributed by atoms with Gasteiger partial charge in [-0.05, 0) is 63.2 Å². The van der Waals surface area contributed by atoms with Gasteiger partial charge in [-0.3, -0.25) is 0 Å². The Morgan fingerprint density at radius 1 is 0.730 bits per heavy atom. The number of esters is 1. The molecule has 0 N–H and O–H groups in total. The number of halogens is 6. The Morgan fingerprint density at radius 2 is 1.14 bits per heavy atom. The minimum Gasteiger partial charge on any atom is -0.462 e. The van der Waals surface area contributed by atoms with Gasteiger partial charge in [-0.25, -0.2) is 4.79 Å². The van der Waals surface area contributed by atoms with E-state index in [1.807, 2.05) is 13.8 Å². The molecule has 220 valence electrons. The molecule has 0 aliphatic rings. The van der Waals surface area contributed by atoms with Crippen LogP contribution < -0.4 is 0 Å². The molecule has 0 spiro atoms. The van der Waals surface area contributed by atoms with Crippen molar-refractivity contribution in [3.63, 3.8) is 0 Å². The highest BCUT2D eigenvalue weighted by Gasteiger charge is 2.47. The number of rotatable bonds is 19. The molecule has 4 nitrogen and oxygen atoms in total. The number of carbonyl (C=O) groups is 1. The molecule has 0 saturated carbocycles. The van der Waals surface area contributed by atoms with E-state index in [0.717, 1.165) is 12.8 Å². The molecule has 0 rings (SSSR count). The molecule has 0 fully saturated rings. The second kappa shape index (κ2) is 15.8. The highest BCUT2D eigenvalue weighted by molar-refractivity contribution is 6.89. The molecule has 0 heterocycles. The maximum Gasteiger partial charge on any atom is 0.388 e. The van der Waals surface area contributed by atoms with Gasteiger partial charge in [-0.2, -0.15) is 26.3 Å². The van der Waals surface area contributed by atoms with Crippen molar-refractivity contribution in [3.8, 4) is 0 Å². The van der Waals surface area contributed by atoms with Gasteiger partial charge >= 0.3 is 26.9 Å². The Kier molecular flexibility index (Phi) is 15.6. The quantitative estimate of drug-likeness (QED) is 0.0490. The largest absolute Gasteiger partial charge is 0.462 e. The maximum atomic E-state index is 13.1. The smallest absolute Gasteiger partial charge is 0.388 e. The fraction of sp³-hybridized carbons (Fsp3) is 0.875. The number of hydrogen-bond donors (Lipinski definition) is 0. The second-order valence-electron chi connectivity index (χ2n) is 10.7. The van der Waals surface area contributed by atoms with E-state index in [1.54, 1.807) is 19.6 Å². The molecule has 37 heavy (non-hydrogen) atoms. The lowest BCUT2D eigenvalue weighted by Crippen LogP contribution is -2.56. The van der Waals surface area contributed by atoms with E-state index in [9.17, 15) is 31.1 Å². The fourth-order valence-electron chi connectivity index (χ4n) is 4.21. The Bertz CT molecular complexity index is 667. The first-order valence-electron chi connectivity index (χ1n) is 13.1. The Morgan fingerprint density at radius 3 is 1.46 bits per heavy atom. The van der Waals surface area contributed by atoms with Crippen molar-refractivity contribution in [1.29, 1.82) is 0 Å². The first kappa shape index (κ1) is 36.4. The third-order valence-electron chi connectivity index (χ3n) is 6.27. The normalized spacial score (nSPS) is 17.5. The van der Waals surface area contributed by atoms with Gasteiger partial charge in [0.15, 0.2) is 16.6 Å². The summed E-state index contributed by atoms with van der Waals surface area (Å²) in [7, 11) is -9.06. The molecule has 0 bridgehead atoms. The third kappa shape index (κ3) is 17.5. The number of hydrogen-bond acceptors (Lipinski definition) is 4. The molecule has 13 heteroatoms. The fourth-order valence-corrected chi connectivity index (χ4v) is 20.7. The van der Waals surface area contributed by atoms with Gasteiger partial charge in [-0.15, -0.1) is 0 Å². The van der Waals surface area contributed by atoms with Gasteiger partial charge in [0.05, 0.1) is 6.61 Å². The van der Waals surface area contributed by atoms with Gasteiger partial charge in [0, 0.05) is 18.4 Å². The van der Waals surface area contributed by atoms with Crippen molar-refractivity contribution in [2.75, 3.05) is 6.61 Å². The van der Waals surface area contributed by atoms with Crippen molar-refractivity contribution in [2.45, 2.75) is 128 Å². The van der Waals surface area contributed by atoms with Gasteiger partial charge in [-0.1, -0.05) is 46.1 Å². The number of unbranched alkanes of at least 4 members (excludes halogenated alkanes) is 2. The second-order valence-corrected chi connectivity index (χ2v) is 22.9. The summed E-state index contributed by atoms with van der Waals surface area (Å²) in [5, 5.41) is 0. The third-order valence-corrected chi connectivity index (χ3v) is 20.4. The topological polar surface area (TPSA) is 44.8 Å². The summed E-state index contributed by atoms with van der Waals surface area (Å²) in [6.45, 7) is 14.3. The van der Waals surface area contributed by atoms with E-state index in [1.165, 1.54) is 6.92 Å². The monoisotopic (exact) mass is 596 g/mol. The molecule has 2 atom stereocenters. The zero-order chi connectivity index (χ0) is 29.0. The van der Waals surface area contributed by atoms with Crippen LogP contribution in [0.5, 0.6) is 0 Å². The zero-order valence-corrected chi connectivity index (χ0v) is 26.3. The highest BCUT2D eigenvalue weighted by atomic mass is 28.5. The molecule has 2 unspecified atom stereocenters. The SMILES string of the molecule is C=C(C)C(=O)OCCC[Si](C)(O[Si](C)(CCCC)CCC(F)(F)F)O[Si](C)(CCCC)CCC(F)(F)F. The Labute approximate surface area is 222 Å². The van der Waals surface area contributed by atoms with E-state index in [0.29, 0.717) is 37.4 Å². The van der Waals surface area contributed by atoms with Crippen molar-refractivity contribution in [1.82, 2.24) is 0 Å². The first-order chi connectivity index (χ1) is 16.8. The number of carbonyl (C=O) groups excluding carboxylic acids is 1. The van der Waals surface area contributed by atoms with Crippen LogP contribution in [0, 0.1) is 0 Å². The minimum absolute atomic E-state index is 0.0482. The molecule has 0 aliphatic heterocycles. The van der Waals surface area contributed by atoms with Gasteiger partial charge in [0.2, 0.25) is 0 Å². The standard InChI is InChI=1S/C24H46F6O4Si3/c1-8-10-16-35(5,19-13-23(25,26)27)33-37(7,18-12-15-32-22(31)21(3)4)34-36(6,17-11-9-2)20-14-24(28,29)30/h3,8-20H2,1-2,4-7H3. The predicted octanol–water partition coefficient (Wildman–Crippen LogP) is 9.26. The van der Waals surface area contributed by atoms with Gasteiger partial charge < -0.3 is 13.0 Å². The van der Waals surface area contributed by atoms with E-state index in [4.69, 9.17) is 13.0 Å². The molecule has 0 aliphatic carbocycles. The summed E-state index contributed by atoms with van der Waals surface area (Å²) in [5.41, 5.74) is 0.242. The molecule has 0 aromatic carbocycles. The van der Waals surface area contributed by atoms with Crippen LogP contribution >= 0.6 is 0 Å². The molecule has 0 radical (unpaired) electrons.